The van der Waals surface area contributed by atoms with Crippen LogP contribution >= 0.6 is 11.5 Å². The molecular formula is C22H27F4N5O4S. The highest BCUT2D eigenvalue weighted by molar-refractivity contribution is 7.11. The number of urea groups is 1. The van der Waals surface area contributed by atoms with Gasteiger partial charge in [0.2, 0.25) is 5.88 Å². The number of primary amides is 1. The molecule has 9 nitrogen and oxygen atoms in total. The van der Waals surface area contributed by atoms with Crippen molar-refractivity contribution >= 4 is 28.5 Å². The summed E-state index contributed by atoms with van der Waals surface area (Å²) in [4.78, 5) is 26.1. The number of methoxy groups -OCH3 is 1. The summed E-state index contributed by atoms with van der Waals surface area (Å²) in [5.41, 5.74) is 4.73. The number of rotatable bonds is 11. The lowest BCUT2D eigenvalue weighted by Crippen LogP contribution is -2.40. The van der Waals surface area contributed by atoms with Crippen molar-refractivity contribution in [3.05, 3.63) is 34.9 Å². The highest BCUT2D eigenvalue weighted by Gasteiger charge is 2.33. The zero-order valence-corrected chi connectivity index (χ0v) is 20.4. The molecule has 0 atom stereocenters. The van der Waals surface area contributed by atoms with Crippen LogP contribution in [0.1, 0.15) is 41.6 Å². The minimum absolute atomic E-state index is 0.0100. The van der Waals surface area contributed by atoms with Crippen LogP contribution in [0.2, 0.25) is 0 Å². The lowest BCUT2D eigenvalue weighted by Gasteiger charge is -2.31. The lowest BCUT2D eigenvalue weighted by molar-refractivity contribution is -0.0551. The van der Waals surface area contributed by atoms with Gasteiger partial charge in [-0.2, -0.15) is 4.37 Å². The average Bonchev–Trinajstić information content (AvgIpc) is 3.22. The first-order valence-electron chi connectivity index (χ1n) is 11.2. The first-order valence-corrected chi connectivity index (χ1v) is 12.0. The van der Waals surface area contributed by atoms with Gasteiger partial charge in [-0.05, 0) is 43.1 Å². The summed E-state index contributed by atoms with van der Waals surface area (Å²) in [6.45, 7) is 1.08. The number of alkyl halides is 2. The SMILES string of the molecule is COc1ccc(F)c(COc2nsc(NC(=O)NCCCCN3CCC(F)(F)CC3)c2C(N)=O)c1F. The fourth-order valence-electron chi connectivity index (χ4n) is 3.60. The Kier molecular flexibility index (Phi) is 9.31. The molecule has 2 heterocycles. The summed E-state index contributed by atoms with van der Waals surface area (Å²) in [5, 5.41) is 5.10. The molecule has 2 aromatic rings. The molecule has 0 bridgehead atoms. The number of unbranched alkanes of at least 4 members (excludes halogenated alkanes) is 1. The van der Waals surface area contributed by atoms with Crippen molar-refractivity contribution in [1.82, 2.24) is 14.6 Å². The maximum atomic E-state index is 14.3. The van der Waals surface area contributed by atoms with E-state index in [-0.39, 0.29) is 35.0 Å². The number of amides is 3. The maximum Gasteiger partial charge on any atom is 0.319 e. The van der Waals surface area contributed by atoms with E-state index in [1.165, 1.54) is 7.11 Å². The highest BCUT2D eigenvalue weighted by atomic mass is 32.1. The smallest absolute Gasteiger partial charge is 0.319 e. The number of hydrogen-bond acceptors (Lipinski definition) is 7. The molecule has 1 aromatic carbocycles. The number of benzene rings is 1. The van der Waals surface area contributed by atoms with Gasteiger partial charge in [-0.1, -0.05) is 0 Å². The molecular weight excluding hydrogens is 506 g/mol. The van der Waals surface area contributed by atoms with Crippen LogP contribution in [0.15, 0.2) is 12.1 Å². The third-order valence-electron chi connectivity index (χ3n) is 5.63. The molecule has 1 fully saturated rings. The third kappa shape index (κ3) is 7.20. The molecule has 0 radical (unpaired) electrons. The summed E-state index contributed by atoms with van der Waals surface area (Å²) in [7, 11) is 1.23. The molecule has 1 aromatic heterocycles. The van der Waals surface area contributed by atoms with E-state index in [2.05, 4.69) is 15.0 Å². The topological polar surface area (TPSA) is 119 Å². The molecule has 1 saturated heterocycles. The van der Waals surface area contributed by atoms with E-state index < -0.39 is 41.7 Å². The van der Waals surface area contributed by atoms with E-state index in [1.54, 1.807) is 0 Å². The molecule has 0 aliphatic carbocycles. The van der Waals surface area contributed by atoms with Gasteiger partial charge in [0.05, 0.1) is 12.7 Å². The number of nitrogens with two attached hydrogens (primary N) is 1. The minimum Gasteiger partial charge on any atom is -0.494 e. The van der Waals surface area contributed by atoms with Crippen molar-refractivity contribution in [1.29, 1.82) is 0 Å². The van der Waals surface area contributed by atoms with E-state index in [9.17, 15) is 27.2 Å². The van der Waals surface area contributed by atoms with Crippen molar-refractivity contribution in [3.63, 3.8) is 0 Å². The van der Waals surface area contributed by atoms with Gasteiger partial charge >= 0.3 is 6.03 Å². The molecule has 3 amide bonds. The van der Waals surface area contributed by atoms with Gasteiger partial charge in [-0.15, -0.1) is 0 Å². The monoisotopic (exact) mass is 533 g/mol. The van der Waals surface area contributed by atoms with E-state index >= 15 is 0 Å². The first kappa shape index (κ1) is 27.5. The van der Waals surface area contributed by atoms with Gasteiger partial charge < -0.3 is 25.4 Å². The van der Waals surface area contributed by atoms with Crippen molar-refractivity contribution in [3.8, 4) is 11.6 Å². The predicted molar refractivity (Wildman–Crippen MR) is 125 cm³/mol. The van der Waals surface area contributed by atoms with Crippen LogP contribution in [0.4, 0.5) is 27.4 Å². The van der Waals surface area contributed by atoms with Gasteiger partial charge in [0.1, 0.15) is 23.0 Å². The van der Waals surface area contributed by atoms with Crippen LogP contribution in [-0.4, -0.2) is 60.4 Å². The Morgan fingerprint density at radius 2 is 1.94 bits per heavy atom. The molecule has 4 N–H and O–H groups in total. The Hall–Kier alpha value is -3.13. The number of anilines is 1. The normalized spacial score (nSPS) is 15.4. The lowest BCUT2D eigenvalue weighted by atomic mass is 10.1. The maximum absolute atomic E-state index is 14.3. The number of aromatic nitrogens is 1. The number of carbonyl (C=O) groups excluding carboxylic acids is 2. The van der Waals surface area contributed by atoms with Crippen LogP contribution in [-0.2, 0) is 6.61 Å². The van der Waals surface area contributed by atoms with Crippen LogP contribution in [0.5, 0.6) is 11.6 Å². The highest BCUT2D eigenvalue weighted by Crippen LogP contribution is 2.32. The fraction of sp³-hybridized carbons (Fsp3) is 0.500. The van der Waals surface area contributed by atoms with E-state index in [0.29, 0.717) is 39.0 Å². The quantitative estimate of drug-likeness (QED) is 0.299. The average molecular weight is 534 g/mol. The predicted octanol–water partition coefficient (Wildman–Crippen LogP) is 3.74. The zero-order chi connectivity index (χ0) is 26.3. The van der Waals surface area contributed by atoms with Crippen molar-refractivity contribution in [2.45, 2.75) is 38.2 Å². The zero-order valence-electron chi connectivity index (χ0n) is 19.5. The number of halogens is 4. The molecule has 14 heteroatoms. The Morgan fingerprint density at radius 1 is 1.22 bits per heavy atom. The first-order chi connectivity index (χ1) is 17.1. The second kappa shape index (κ2) is 12.2. The molecule has 1 aliphatic rings. The van der Waals surface area contributed by atoms with Gasteiger partial charge in [0.15, 0.2) is 11.6 Å². The number of nitrogens with one attached hydrogen (secondary N) is 2. The Morgan fingerprint density at radius 3 is 2.61 bits per heavy atom. The Bertz CT molecular complexity index is 1070. The number of ether oxygens (including phenoxy) is 2. The van der Waals surface area contributed by atoms with Crippen molar-refractivity contribution < 1.29 is 36.6 Å². The molecule has 3 rings (SSSR count). The summed E-state index contributed by atoms with van der Waals surface area (Å²) in [6.07, 6.45) is 1.06. The summed E-state index contributed by atoms with van der Waals surface area (Å²) < 4.78 is 68.8. The standard InChI is InChI=1S/C22H27F4N5O4S/c1-34-15-5-4-14(23)13(17(15)24)12-35-19-16(18(27)32)20(36-30-19)29-21(33)28-8-2-3-9-31-10-6-22(25,26)7-11-31/h4-5H,2-3,6-12H2,1H3,(H2,27,32)(H2,28,29,33). The molecule has 36 heavy (non-hydrogen) atoms. The van der Waals surface area contributed by atoms with E-state index in [0.717, 1.165) is 23.7 Å². The second-order valence-electron chi connectivity index (χ2n) is 8.17. The van der Waals surface area contributed by atoms with Gasteiger partial charge in [0.25, 0.3) is 11.8 Å². The van der Waals surface area contributed by atoms with Gasteiger partial charge in [0, 0.05) is 32.5 Å². The number of carbonyl (C=O) groups is 2. The van der Waals surface area contributed by atoms with Crippen molar-refractivity contribution in [2.75, 3.05) is 38.6 Å². The van der Waals surface area contributed by atoms with Crippen LogP contribution in [0, 0.1) is 11.6 Å². The molecule has 1 aliphatic heterocycles. The molecule has 198 valence electrons. The second-order valence-corrected chi connectivity index (χ2v) is 8.95. The Balaban J connectivity index is 1.49. The van der Waals surface area contributed by atoms with Gasteiger partial charge in [-0.25, -0.2) is 22.4 Å². The largest absolute Gasteiger partial charge is 0.494 e. The molecule has 0 saturated carbocycles. The van der Waals surface area contributed by atoms with Gasteiger partial charge in [-0.3, -0.25) is 10.1 Å². The number of hydrogen-bond donors (Lipinski definition) is 3. The van der Waals surface area contributed by atoms with E-state index in [1.807, 2.05) is 4.90 Å². The minimum atomic E-state index is -2.58. The summed E-state index contributed by atoms with van der Waals surface area (Å²) in [6, 6.07) is 1.52. The van der Waals surface area contributed by atoms with Crippen molar-refractivity contribution in [2.24, 2.45) is 5.73 Å². The summed E-state index contributed by atoms with van der Waals surface area (Å²) >= 11 is 0.718. The number of likely N-dealkylation sites (tertiary alicyclic amines) is 1. The molecule has 0 spiro atoms. The number of piperidine rings is 1. The molecule has 0 unspecified atom stereocenters. The van der Waals surface area contributed by atoms with E-state index in [4.69, 9.17) is 15.2 Å². The fourth-order valence-corrected chi connectivity index (χ4v) is 4.33. The third-order valence-corrected chi connectivity index (χ3v) is 6.38. The number of nitrogens with zero attached hydrogens (tertiary/aromatic N) is 2. The Labute approximate surface area is 209 Å². The van der Waals surface area contributed by atoms with Crippen LogP contribution < -0.4 is 25.8 Å². The summed E-state index contributed by atoms with van der Waals surface area (Å²) in [5.74, 6) is -5.82. The van der Waals surface area contributed by atoms with Crippen LogP contribution in [0.25, 0.3) is 0 Å². The van der Waals surface area contributed by atoms with Crippen LogP contribution in [0.3, 0.4) is 0 Å².